The number of benzene rings is 2. The SMILES string of the molecule is COc1cc(Cl)c(CNC(=O)c2cccc(Br)c2)cc1OC. The number of methoxy groups -OCH3 is 2. The van der Waals surface area contributed by atoms with Crippen molar-refractivity contribution in [1.29, 1.82) is 0 Å². The molecular formula is C16H15BrClNO3. The molecule has 0 aliphatic carbocycles. The number of hydrogen-bond acceptors (Lipinski definition) is 3. The Balaban J connectivity index is 2.13. The number of nitrogens with one attached hydrogen (secondary N) is 1. The van der Waals surface area contributed by atoms with Crippen LogP contribution >= 0.6 is 27.5 Å². The van der Waals surface area contributed by atoms with Crippen LogP contribution in [0.1, 0.15) is 15.9 Å². The molecule has 0 saturated carbocycles. The van der Waals surface area contributed by atoms with Gasteiger partial charge in [-0.1, -0.05) is 33.6 Å². The molecule has 0 atom stereocenters. The molecule has 0 aromatic heterocycles. The van der Waals surface area contributed by atoms with E-state index in [1.165, 1.54) is 0 Å². The highest BCUT2D eigenvalue weighted by Gasteiger charge is 2.11. The first kappa shape index (κ1) is 16.6. The summed E-state index contributed by atoms with van der Waals surface area (Å²) in [6.45, 7) is 0.296. The fourth-order valence-corrected chi connectivity index (χ4v) is 2.56. The molecule has 0 fully saturated rings. The Morgan fingerprint density at radius 3 is 2.50 bits per heavy atom. The van der Waals surface area contributed by atoms with Gasteiger partial charge in [-0.15, -0.1) is 0 Å². The molecule has 6 heteroatoms. The van der Waals surface area contributed by atoms with Crippen LogP contribution in [-0.2, 0) is 6.54 Å². The maximum absolute atomic E-state index is 12.1. The lowest BCUT2D eigenvalue weighted by Gasteiger charge is -2.12. The minimum absolute atomic E-state index is 0.174. The van der Waals surface area contributed by atoms with Crippen LogP contribution in [0.25, 0.3) is 0 Å². The Kier molecular flexibility index (Phi) is 5.69. The average molecular weight is 385 g/mol. The summed E-state index contributed by atoms with van der Waals surface area (Å²) in [6, 6.07) is 10.6. The molecule has 1 N–H and O–H groups in total. The van der Waals surface area contributed by atoms with Gasteiger partial charge in [-0.3, -0.25) is 4.79 Å². The largest absolute Gasteiger partial charge is 0.493 e. The summed E-state index contributed by atoms with van der Waals surface area (Å²) in [4.78, 5) is 12.1. The zero-order chi connectivity index (χ0) is 16.1. The number of carbonyl (C=O) groups is 1. The van der Waals surface area contributed by atoms with Gasteiger partial charge in [-0.05, 0) is 29.8 Å². The van der Waals surface area contributed by atoms with E-state index in [0.717, 1.165) is 10.0 Å². The normalized spacial score (nSPS) is 10.2. The number of carbonyl (C=O) groups excluding carboxylic acids is 1. The maximum atomic E-state index is 12.1. The summed E-state index contributed by atoms with van der Waals surface area (Å²) in [6.07, 6.45) is 0. The molecule has 4 nitrogen and oxygen atoms in total. The third kappa shape index (κ3) is 3.93. The second-order valence-electron chi connectivity index (χ2n) is 4.49. The van der Waals surface area contributed by atoms with Crippen molar-refractivity contribution in [2.75, 3.05) is 14.2 Å². The van der Waals surface area contributed by atoms with Gasteiger partial charge in [0.25, 0.3) is 5.91 Å². The van der Waals surface area contributed by atoms with Crippen LogP contribution in [0, 0.1) is 0 Å². The topological polar surface area (TPSA) is 47.6 Å². The third-order valence-corrected chi connectivity index (χ3v) is 3.92. The van der Waals surface area contributed by atoms with Crippen molar-refractivity contribution in [2.24, 2.45) is 0 Å². The van der Waals surface area contributed by atoms with E-state index in [1.54, 1.807) is 38.5 Å². The van der Waals surface area contributed by atoms with Gasteiger partial charge in [-0.2, -0.15) is 0 Å². The van der Waals surface area contributed by atoms with E-state index in [9.17, 15) is 4.79 Å². The van der Waals surface area contributed by atoms with E-state index in [-0.39, 0.29) is 5.91 Å². The lowest BCUT2D eigenvalue weighted by Crippen LogP contribution is -2.23. The van der Waals surface area contributed by atoms with Crippen molar-refractivity contribution < 1.29 is 14.3 Å². The lowest BCUT2D eigenvalue weighted by molar-refractivity contribution is 0.0951. The van der Waals surface area contributed by atoms with E-state index in [0.29, 0.717) is 28.6 Å². The standard InChI is InChI=1S/C16H15BrClNO3/c1-21-14-7-11(13(18)8-15(14)22-2)9-19-16(20)10-4-3-5-12(17)6-10/h3-8H,9H2,1-2H3,(H,19,20). The molecule has 0 aliphatic heterocycles. The van der Waals surface area contributed by atoms with Crippen LogP contribution < -0.4 is 14.8 Å². The van der Waals surface area contributed by atoms with Crippen LogP contribution in [0.2, 0.25) is 5.02 Å². The first-order valence-corrected chi connectivity index (χ1v) is 7.66. The second-order valence-corrected chi connectivity index (χ2v) is 5.81. The van der Waals surface area contributed by atoms with E-state index >= 15 is 0 Å². The fraction of sp³-hybridized carbons (Fsp3) is 0.188. The van der Waals surface area contributed by atoms with Crippen LogP contribution in [0.3, 0.4) is 0 Å². The number of amides is 1. The number of halogens is 2. The lowest BCUT2D eigenvalue weighted by atomic mass is 10.1. The molecule has 0 bridgehead atoms. The fourth-order valence-electron chi connectivity index (χ4n) is 1.94. The summed E-state index contributed by atoms with van der Waals surface area (Å²) < 4.78 is 11.3. The predicted molar refractivity (Wildman–Crippen MR) is 89.9 cm³/mol. The molecule has 0 spiro atoms. The molecule has 2 aromatic carbocycles. The predicted octanol–water partition coefficient (Wildman–Crippen LogP) is 4.05. The Hall–Kier alpha value is -1.72. The minimum Gasteiger partial charge on any atom is -0.493 e. The van der Waals surface area contributed by atoms with E-state index in [2.05, 4.69) is 21.2 Å². The Bertz CT molecular complexity index is 691. The highest BCUT2D eigenvalue weighted by Crippen LogP contribution is 2.33. The number of ether oxygens (including phenoxy) is 2. The van der Waals surface area contributed by atoms with Gasteiger partial charge in [0.05, 0.1) is 14.2 Å². The first-order chi connectivity index (χ1) is 10.5. The molecule has 0 saturated heterocycles. The van der Waals surface area contributed by atoms with Gasteiger partial charge >= 0.3 is 0 Å². The van der Waals surface area contributed by atoms with Crippen LogP contribution in [0.15, 0.2) is 40.9 Å². The Morgan fingerprint density at radius 1 is 1.18 bits per heavy atom. The molecule has 22 heavy (non-hydrogen) atoms. The summed E-state index contributed by atoms with van der Waals surface area (Å²) in [5, 5.41) is 3.34. The smallest absolute Gasteiger partial charge is 0.251 e. The van der Waals surface area contributed by atoms with Gasteiger partial charge in [0.2, 0.25) is 0 Å². The van der Waals surface area contributed by atoms with Crippen LogP contribution in [0.4, 0.5) is 0 Å². The van der Waals surface area contributed by atoms with Crippen molar-refractivity contribution in [3.63, 3.8) is 0 Å². The molecule has 0 aliphatic rings. The quantitative estimate of drug-likeness (QED) is 0.846. The minimum atomic E-state index is -0.174. The van der Waals surface area contributed by atoms with Gasteiger partial charge in [0, 0.05) is 27.7 Å². The number of rotatable bonds is 5. The van der Waals surface area contributed by atoms with Crippen molar-refractivity contribution in [1.82, 2.24) is 5.32 Å². The van der Waals surface area contributed by atoms with E-state index < -0.39 is 0 Å². The molecule has 116 valence electrons. The van der Waals surface area contributed by atoms with Crippen molar-refractivity contribution in [3.8, 4) is 11.5 Å². The zero-order valence-corrected chi connectivity index (χ0v) is 14.5. The monoisotopic (exact) mass is 383 g/mol. The van der Waals surface area contributed by atoms with Gasteiger partial charge in [0.15, 0.2) is 11.5 Å². The zero-order valence-electron chi connectivity index (χ0n) is 12.2. The molecule has 0 unspecified atom stereocenters. The first-order valence-electron chi connectivity index (χ1n) is 6.49. The van der Waals surface area contributed by atoms with Gasteiger partial charge in [0.1, 0.15) is 0 Å². The summed E-state index contributed by atoms with van der Waals surface area (Å²) in [5.74, 6) is 0.945. The van der Waals surface area contributed by atoms with Crippen molar-refractivity contribution in [2.45, 2.75) is 6.54 Å². The molecule has 0 heterocycles. The third-order valence-electron chi connectivity index (χ3n) is 3.08. The second kappa shape index (κ2) is 7.51. The van der Waals surface area contributed by atoms with Crippen LogP contribution in [0.5, 0.6) is 11.5 Å². The molecule has 2 rings (SSSR count). The summed E-state index contributed by atoms with van der Waals surface area (Å²) in [7, 11) is 3.10. The van der Waals surface area contributed by atoms with Crippen molar-refractivity contribution in [3.05, 3.63) is 57.0 Å². The van der Waals surface area contributed by atoms with E-state index in [4.69, 9.17) is 21.1 Å². The molecule has 1 amide bonds. The van der Waals surface area contributed by atoms with Gasteiger partial charge in [-0.25, -0.2) is 0 Å². The maximum Gasteiger partial charge on any atom is 0.251 e. The van der Waals surface area contributed by atoms with E-state index in [1.807, 2.05) is 12.1 Å². The highest BCUT2D eigenvalue weighted by molar-refractivity contribution is 9.10. The van der Waals surface area contributed by atoms with Crippen molar-refractivity contribution >= 4 is 33.4 Å². The average Bonchev–Trinajstić information content (AvgIpc) is 2.53. The number of hydrogen-bond donors (Lipinski definition) is 1. The molecule has 2 aromatic rings. The Morgan fingerprint density at radius 2 is 1.86 bits per heavy atom. The molecule has 0 radical (unpaired) electrons. The summed E-state index contributed by atoms with van der Waals surface area (Å²) >= 11 is 9.54. The van der Waals surface area contributed by atoms with Crippen LogP contribution in [-0.4, -0.2) is 20.1 Å². The molecular weight excluding hydrogens is 370 g/mol. The highest BCUT2D eigenvalue weighted by atomic mass is 79.9. The Labute approximate surface area is 142 Å². The summed E-state index contributed by atoms with van der Waals surface area (Å²) in [5.41, 5.74) is 1.33. The van der Waals surface area contributed by atoms with Gasteiger partial charge < -0.3 is 14.8 Å².